The summed E-state index contributed by atoms with van der Waals surface area (Å²) in [6.07, 6.45) is 1.73. The Kier molecular flexibility index (Phi) is 6.39. The van der Waals surface area contributed by atoms with Crippen molar-refractivity contribution in [3.63, 3.8) is 0 Å². The monoisotopic (exact) mass is 409 g/mol. The highest BCUT2D eigenvalue weighted by Crippen LogP contribution is 2.37. The predicted octanol–water partition coefficient (Wildman–Crippen LogP) is 4.85. The summed E-state index contributed by atoms with van der Waals surface area (Å²) < 4.78 is 5.24. The second-order valence-electron chi connectivity index (χ2n) is 6.79. The van der Waals surface area contributed by atoms with Crippen LogP contribution in [0.4, 0.5) is 4.79 Å². The van der Waals surface area contributed by atoms with Gasteiger partial charge in [-0.2, -0.15) is 0 Å². The van der Waals surface area contributed by atoms with Gasteiger partial charge in [0.15, 0.2) is 0 Å². The Labute approximate surface area is 176 Å². The Bertz CT molecular complexity index is 963. The molecule has 0 aliphatic heterocycles. The summed E-state index contributed by atoms with van der Waals surface area (Å²) in [5.74, 6) is 0.766. The number of halogens is 1. The van der Waals surface area contributed by atoms with Crippen molar-refractivity contribution < 1.29 is 9.53 Å². The molecule has 0 saturated carbocycles. The average molecular weight is 410 g/mol. The Morgan fingerprint density at radius 3 is 2.48 bits per heavy atom. The van der Waals surface area contributed by atoms with E-state index in [1.54, 1.807) is 25.3 Å². The molecule has 3 aromatic rings. The summed E-state index contributed by atoms with van der Waals surface area (Å²) in [5, 5.41) is 3.37. The van der Waals surface area contributed by atoms with E-state index in [9.17, 15) is 4.79 Å². The summed E-state index contributed by atoms with van der Waals surface area (Å²) >= 11 is 6.30. The highest BCUT2D eigenvalue weighted by molar-refractivity contribution is 6.30. The van der Waals surface area contributed by atoms with Crippen molar-refractivity contribution in [3.05, 3.63) is 94.8 Å². The minimum Gasteiger partial charge on any atom is -0.497 e. The fourth-order valence-corrected chi connectivity index (χ4v) is 3.56. The third kappa shape index (κ3) is 4.35. The molecule has 6 heteroatoms. The second-order valence-corrected chi connectivity index (χ2v) is 7.22. The smallest absolute Gasteiger partial charge is 0.318 e. The molecule has 1 atom stereocenters. The molecule has 0 unspecified atom stereocenters. The van der Waals surface area contributed by atoms with Crippen LogP contribution in [0.3, 0.4) is 0 Å². The standard InChI is InChI=1S/C23H24ClN3O2/c1-23(21-9-4-5-14-26-21,18-7-6-8-19(24)15-18)27(22(28)25-2)16-17-10-12-20(29-3)13-11-17/h4-15H,16H2,1-3H3,(H,25,28)/t23-/m1/s1. The van der Waals surface area contributed by atoms with Crippen molar-refractivity contribution in [3.8, 4) is 5.75 Å². The first-order valence-corrected chi connectivity index (χ1v) is 9.66. The zero-order valence-corrected chi connectivity index (χ0v) is 17.5. The molecule has 5 nitrogen and oxygen atoms in total. The Hall–Kier alpha value is -3.05. The van der Waals surface area contributed by atoms with E-state index in [1.807, 2.05) is 73.7 Å². The number of hydrogen-bond acceptors (Lipinski definition) is 3. The fraction of sp³-hybridized carbons (Fsp3) is 0.217. The fourth-order valence-electron chi connectivity index (χ4n) is 3.37. The molecule has 1 N–H and O–H groups in total. The first kappa shape index (κ1) is 20.7. The van der Waals surface area contributed by atoms with Crippen LogP contribution in [0.25, 0.3) is 0 Å². The van der Waals surface area contributed by atoms with Crippen molar-refractivity contribution in [2.24, 2.45) is 0 Å². The molecule has 0 bridgehead atoms. The van der Waals surface area contributed by atoms with E-state index in [2.05, 4.69) is 10.3 Å². The van der Waals surface area contributed by atoms with Crippen LogP contribution in [-0.4, -0.2) is 30.1 Å². The first-order valence-electron chi connectivity index (χ1n) is 9.29. The number of carbonyl (C=O) groups excluding carboxylic acids is 1. The number of aromatic nitrogens is 1. The summed E-state index contributed by atoms with van der Waals surface area (Å²) in [6, 6.07) is 20.7. The van der Waals surface area contributed by atoms with Gasteiger partial charge in [-0.15, -0.1) is 0 Å². The molecule has 29 heavy (non-hydrogen) atoms. The van der Waals surface area contributed by atoms with Crippen LogP contribution in [0, 0.1) is 0 Å². The second kappa shape index (κ2) is 8.97. The molecule has 150 valence electrons. The number of amides is 2. The number of urea groups is 1. The van der Waals surface area contributed by atoms with Gasteiger partial charge >= 0.3 is 6.03 Å². The zero-order chi connectivity index (χ0) is 20.9. The molecule has 1 heterocycles. The SMILES string of the molecule is CNC(=O)N(Cc1ccc(OC)cc1)[C@](C)(c1cccc(Cl)c1)c1ccccn1. The Balaban J connectivity index is 2.13. The number of pyridine rings is 1. The molecule has 0 radical (unpaired) electrons. The van der Waals surface area contributed by atoms with Crippen LogP contribution in [-0.2, 0) is 12.1 Å². The predicted molar refractivity (Wildman–Crippen MR) is 115 cm³/mol. The van der Waals surface area contributed by atoms with E-state index in [-0.39, 0.29) is 6.03 Å². The molecule has 1 aromatic heterocycles. The van der Waals surface area contributed by atoms with Crippen LogP contribution in [0.5, 0.6) is 5.75 Å². The lowest BCUT2D eigenvalue weighted by Gasteiger charge is -2.41. The molecule has 2 aromatic carbocycles. The third-order valence-electron chi connectivity index (χ3n) is 5.05. The van der Waals surface area contributed by atoms with Gasteiger partial charge in [0.2, 0.25) is 0 Å². The number of carbonyl (C=O) groups is 1. The normalized spacial score (nSPS) is 12.7. The van der Waals surface area contributed by atoms with E-state index >= 15 is 0 Å². The van der Waals surface area contributed by atoms with E-state index in [0.717, 1.165) is 22.6 Å². The molecule has 0 fully saturated rings. The number of rotatable bonds is 6. The molecule has 0 spiro atoms. The zero-order valence-electron chi connectivity index (χ0n) is 16.7. The lowest BCUT2D eigenvalue weighted by Crippen LogP contribution is -2.51. The molecule has 3 rings (SSSR count). The molecular weight excluding hydrogens is 386 g/mol. The molecule has 0 aliphatic carbocycles. The summed E-state index contributed by atoms with van der Waals surface area (Å²) in [7, 11) is 3.25. The topological polar surface area (TPSA) is 54.5 Å². The van der Waals surface area contributed by atoms with Crippen LogP contribution in [0.1, 0.15) is 23.7 Å². The molecular formula is C23H24ClN3O2. The quantitative estimate of drug-likeness (QED) is 0.633. The summed E-state index contributed by atoms with van der Waals surface area (Å²) in [4.78, 5) is 19.4. The maximum atomic E-state index is 13.0. The van der Waals surface area contributed by atoms with E-state index in [1.165, 1.54) is 0 Å². The number of hydrogen-bond donors (Lipinski definition) is 1. The molecule has 0 aliphatic rings. The van der Waals surface area contributed by atoms with Gasteiger partial charge < -0.3 is 15.0 Å². The van der Waals surface area contributed by atoms with Crippen molar-refractivity contribution >= 4 is 17.6 Å². The number of methoxy groups -OCH3 is 1. The van der Waals surface area contributed by atoms with E-state index in [0.29, 0.717) is 11.6 Å². The van der Waals surface area contributed by atoms with Gasteiger partial charge in [-0.25, -0.2) is 4.79 Å². The van der Waals surface area contributed by atoms with Crippen LogP contribution < -0.4 is 10.1 Å². The van der Waals surface area contributed by atoms with Crippen molar-refractivity contribution in [1.82, 2.24) is 15.2 Å². The van der Waals surface area contributed by atoms with Gasteiger partial charge in [0.05, 0.1) is 12.8 Å². The van der Waals surface area contributed by atoms with Crippen molar-refractivity contribution in [1.29, 1.82) is 0 Å². The summed E-state index contributed by atoms with van der Waals surface area (Å²) in [5.41, 5.74) is 1.75. The van der Waals surface area contributed by atoms with E-state index < -0.39 is 5.54 Å². The lowest BCUT2D eigenvalue weighted by atomic mass is 9.85. The van der Waals surface area contributed by atoms with Gasteiger partial charge in [0, 0.05) is 24.8 Å². The lowest BCUT2D eigenvalue weighted by molar-refractivity contribution is 0.139. The van der Waals surface area contributed by atoms with Gasteiger partial charge in [0.1, 0.15) is 11.3 Å². The number of nitrogens with one attached hydrogen (secondary N) is 1. The Morgan fingerprint density at radius 1 is 1.14 bits per heavy atom. The average Bonchev–Trinajstić information content (AvgIpc) is 2.77. The molecule has 2 amide bonds. The first-order chi connectivity index (χ1) is 14.0. The Morgan fingerprint density at radius 2 is 1.90 bits per heavy atom. The number of nitrogens with zero attached hydrogens (tertiary/aromatic N) is 2. The minimum absolute atomic E-state index is 0.214. The van der Waals surface area contributed by atoms with Crippen molar-refractivity contribution in [2.45, 2.75) is 19.0 Å². The van der Waals surface area contributed by atoms with Gasteiger partial charge in [-0.3, -0.25) is 4.98 Å². The van der Waals surface area contributed by atoms with E-state index in [4.69, 9.17) is 16.3 Å². The maximum absolute atomic E-state index is 13.0. The highest BCUT2D eigenvalue weighted by Gasteiger charge is 2.40. The highest BCUT2D eigenvalue weighted by atomic mass is 35.5. The van der Waals surface area contributed by atoms with Crippen molar-refractivity contribution in [2.75, 3.05) is 14.2 Å². The van der Waals surface area contributed by atoms with Gasteiger partial charge in [0.25, 0.3) is 0 Å². The molecule has 0 saturated heterocycles. The number of ether oxygens (including phenoxy) is 1. The minimum atomic E-state index is -0.841. The third-order valence-corrected chi connectivity index (χ3v) is 5.28. The van der Waals surface area contributed by atoms with Crippen LogP contribution in [0.15, 0.2) is 72.9 Å². The largest absolute Gasteiger partial charge is 0.497 e. The summed E-state index contributed by atoms with van der Waals surface area (Å²) in [6.45, 7) is 2.36. The van der Waals surface area contributed by atoms with Crippen LogP contribution >= 0.6 is 11.6 Å². The van der Waals surface area contributed by atoms with Gasteiger partial charge in [-0.05, 0) is 54.4 Å². The van der Waals surface area contributed by atoms with Crippen LogP contribution in [0.2, 0.25) is 5.02 Å². The maximum Gasteiger partial charge on any atom is 0.318 e. The number of benzene rings is 2. The van der Waals surface area contributed by atoms with Gasteiger partial charge in [-0.1, -0.05) is 41.9 Å².